The van der Waals surface area contributed by atoms with Crippen LogP contribution in [0.15, 0.2) is 40.9 Å². The molecule has 0 bridgehead atoms. The fourth-order valence-electron chi connectivity index (χ4n) is 5.61. The van der Waals surface area contributed by atoms with Crippen molar-refractivity contribution >= 4 is 38.5 Å². The first kappa shape index (κ1) is 30.5. The number of amides is 1. The SMILES string of the molecule is COc1cc(C(=O)N2CCN(Cc3nsc(NCC4CCCCN4Cc4ccc(Br)cc4)n3)CC2)cc(OC)c1OC. The minimum atomic E-state index is -0.0518. The molecular formula is C30H39BrN6O4S. The van der Waals surface area contributed by atoms with Crippen LogP contribution in [-0.4, -0.2) is 96.6 Å². The minimum Gasteiger partial charge on any atom is -0.493 e. The van der Waals surface area contributed by atoms with Gasteiger partial charge in [0.2, 0.25) is 10.9 Å². The summed E-state index contributed by atoms with van der Waals surface area (Å²) in [4.78, 5) is 24.8. The third-order valence-corrected chi connectivity index (χ3v) is 9.18. The predicted octanol–water partition coefficient (Wildman–Crippen LogP) is 4.75. The molecule has 1 atom stereocenters. The number of hydrogen-bond acceptors (Lipinski definition) is 10. The molecule has 0 radical (unpaired) electrons. The molecular weight excluding hydrogens is 620 g/mol. The Morgan fingerprint density at radius 2 is 1.69 bits per heavy atom. The summed E-state index contributed by atoms with van der Waals surface area (Å²) in [6.45, 7) is 6.39. The molecule has 226 valence electrons. The number of rotatable bonds is 11. The molecule has 0 saturated carbocycles. The van der Waals surface area contributed by atoms with Crippen molar-refractivity contribution in [2.75, 3.05) is 65.9 Å². The molecule has 2 fully saturated rings. The molecule has 1 unspecified atom stereocenters. The maximum atomic E-state index is 13.3. The molecule has 5 rings (SSSR count). The average Bonchev–Trinajstić information content (AvgIpc) is 3.48. The van der Waals surface area contributed by atoms with Crippen molar-refractivity contribution < 1.29 is 19.0 Å². The Labute approximate surface area is 260 Å². The van der Waals surface area contributed by atoms with Gasteiger partial charge in [0.1, 0.15) is 0 Å². The second-order valence-corrected chi connectivity index (χ2v) is 12.3. The molecule has 3 aromatic rings. The fourth-order valence-corrected chi connectivity index (χ4v) is 6.46. The molecule has 3 heterocycles. The first-order valence-corrected chi connectivity index (χ1v) is 15.9. The highest BCUT2D eigenvalue weighted by atomic mass is 79.9. The summed E-state index contributed by atoms with van der Waals surface area (Å²) in [5.74, 6) is 2.19. The van der Waals surface area contributed by atoms with Crippen LogP contribution in [0.25, 0.3) is 0 Å². The van der Waals surface area contributed by atoms with E-state index in [-0.39, 0.29) is 5.91 Å². The smallest absolute Gasteiger partial charge is 0.254 e. The van der Waals surface area contributed by atoms with Crippen LogP contribution in [0.3, 0.4) is 0 Å². The van der Waals surface area contributed by atoms with E-state index in [0.717, 1.165) is 48.2 Å². The molecule has 1 aromatic heterocycles. The summed E-state index contributed by atoms with van der Waals surface area (Å²) in [5, 5.41) is 4.43. The van der Waals surface area contributed by atoms with Crippen molar-refractivity contribution in [2.24, 2.45) is 0 Å². The van der Waals surface area contributed by atoms with E-state index in [4.69, 9.17) is 19.2 Å². The van der Waals surface area contributed by atoms with Gasteiger partial charge in [0, 0.05) is 66.9 Å². The van der Waals surface area contributed by atoms with Gasteiger partial charge in [-0.3, -0.25) is 14.6 Å². The molecule has 2 aliphatic heterocycles. The summed E-state index contributed by atoms with van der Waals surface area (Å²) in [5.41, 5.74) is 1.86. The maximum absolute atomic E-state index is 13.3. The minimum absolute atomic E-state index is 0.0518. The largest absolute Gasteiger partial charge is 0.493 e. The molecule has 2 aliphatic rings. The van der Waals surface area contributed by atoms with E-state index in [0.29, 0.717) is 48.5 Å². The molecule has 12 heteroatoms. The van der Waals surface area contributed by atoms with Gasteiger partial charge in [-0.1, -0.05) is 34.5 Å². The van der Waals surface area contributed by atoms with E-state index < -0.39 is 0 Å². The lowest BCUT2D eigenvalue weighted by atomic mass is 10.0. The van der Waals surface area contributed by atoms with Crippen LogP contribution >= 0.6 is 27.5 Å². The number of carbonyl (C=O) groups is 1. The Balaban J connectivity index is 1.10. The number of carbonyl (C=O) groups excluding carboxylic acids is 1. The molecule has 2 saturated heterocycles. The maximum Gasteiger partial charge on any atom is 0.254 e. The van der Waals surface area contributed by atoms with Crippen molar-refractivity contribution in [3.8, 4) is 17.2 Å². The number of piperazine rings is 1. The van der Waals surface area contributed by atoms with Crippen LogP contribution in [-0.2, 0) is 13.1 Å². The number of methoxy groups -OCH3 is 3. The number of ether oxygens (including phenoxy) is 3. The van der Waals surface area contributed by atoms with Gasteiger partial charge in [0.05, 0.1) is 27.9 Å². The number of nitrogens with zero attached hydrogens (tertiary/aromatic N) is 5. The number of piperidine rings is 1. The van der Waals surface area contributed by atoms with Crippen molar-refractivity contribution in [2.45, 2.75) is 38.4 Å². The number of halogens is 1. The molecule has 10 nitrogen and oxygen atoms in total. The Kier molecular flexibility index (Phi) is 10.5. The fraction of sp³-hybridized carbons (Fsp3) is 0.500. The number of nitrogens with one attached hydrogen (secondary N) is 1. The van der Waals surface area contributed by atoms with Crippen LogP contribution < -0.4 is 19.5 Å². The summed E-state index contributed by atoms with van der Waals surface area (Å²) < 4.78 is 22.0. The Hall–Kier alpha value is -2.93. The highest BCUT2D eigenvalue weighted by molar-refractivity contribution is 9.10. The lowest BCUT2D eigenvalue weighted by Gasteiger charge is -2.35. The summed E-state index contributed by atoms with van der Waals surface area (Å²) in [6, 6.07) is 12.5. The second-order valence-electron chi connectivity index (χ2n) is 10.6. The first-order valence-electron chi connectivity index (χ1n) is 14.3. The number of aromatic nitrogens is 2. The zero-order chi connectivity index (χ0) is 29.5. The third kappa shape index (κ3) is 7.52. The number of likely N-dealkylation sites (tertiary alicyclic amines) is 1. The summed E-state index contributed by atoms with van der Waals surface area (Å²) in [6.07, 6.45) is 3.70. The first-order chi connectivity index (χ1) is 20.5. The van der Waals surface area contributed by atoms with Crippen LogP contribution in [0.5, 0.6) is 17.2 Å². The molecule has 1 amide bonds. The summed E-state index contributed by atoms with van der Waals surface area (Å²) >= 11 is 4.96. The standard InChI is InChI=1S/C30H39BrN6O4S/c1-39-25-16-22(17-26(40-2)28(25)41-3)29(38)36-14-12-35(13-15-36)20-27-33-30(42-34-27)32-18-24-6-4-5-11-37(24)19-21-7-9-23(31)10-8-21/h7-10,16-17,24H,4-6,11-15,18-20H2,1-3H3,(H,32,33,34). The molecule has 0 spiro atoms. The second kappa shape index (κ2) is 14.5. The van der Waals surface area contributed by atoms with Crippen molar-refractivity contribution in [1.29, 1.82) is 0 Å². The lowest BCUT2D eigenvalue weighted by Crippen LogP contribution is -2.48. The van der Waals surface area contributed by atoms with E-state index in [1.165, 1.54) is 36.4 Å². The van der Waals surface area contributed by atoms with E-state index in [1.54, 1.807) is 33.5 Å². The molecule has 2 aromatic carbocycles. The molecule has 1 N–H and O–H groups in total. The average molecular weight is 660 g/mol. The summed E-state index contributed by atoms with van der Waals surface area (Å²) in [7, 11) is 4.65. The van der Waals surface area contributed by atoms with E-state index in [9.17, 15) is 4.79 Å². The van der Waals surface area contributed by atoms with Crippen LogP contribution in [0, 0.1) is 0 Å². The van der Waals surface area contributed by atoms with E-state index in [2.05, 4.69) is 59.7 Å². The zero-order valence-electron chi connectivity index (χ0n) is 24.5. The van der Waals surface area contributed by atoms with Gasteiger partial charge < -0.3 is 24.4 Å². The van der Waals surface area contributed by atoms with Gasteiger partial charge in [-0.25, -0.2) is 4.98 Å². The topological polar surface area (TPSA) is 92.3 Å². The monoisotopic (exact) mass is 658 g/mol. The van der Waals surface area contributed by atoms with E-state index >= 15 is 0 Å². The quantitative estimate of drug-likeness (QED) is 0.313. The lowest BCUT2D eigenvalue weighted by molar-refractivity contribution is 0.0625. The van der Waals surface area contributed by atoms with Crippen LogP contribution in [0.1, 0.15) is 41.0 Å². The van der Waals surface area contributed by atoms with Gasteiger partial charge in [-0.2, -0.15) is 4.37 Å². The highest BCUT2D eigenvalue weighted by Gasteiger charge is 2.26. The van der Waals surface area contributed by atoms with Gasteiger partial charge in [-0.05, 0) is 49.2 Å². The third-order valence-electron chi connectivity index (χ3n) is 7.94. The number of benzene rings is 2. The number of anilines is 1. The van der Waals surface area contributed by atoms with Crippen molar-refractivity contribution in [3.05, 3.63) is 57.8 Å². The van der Waals surface area contributed by atoms with E-state index in [1.807, 2.05) is 4.90 Å². The van der Waals surface area contributed by atoms with Gasteiger partial charge in [-0.15, -0.1) is 0 Å². The zero-order valence-corrected chi connectivity index (χ0v) is 26.9. The predicted molar refractivity (Wildman–Crippen MR) is 168 cm³/mol. The van der Waals surface area contributed by atoms with Gasteiger partial charge >= 0.3 is 0 Å². The Bertz CT molecular complexity index is 1310. The molecule has 42 heavy (non-hydrogen) atoms. The van der Waals surface area contributed by atoms with Gasteiger partial charge in [0.25, 0.3) is 5.91 Å². The van der Waals surface area contributed by atoms with Crippen molar-refractivity contribution in [3.63, 3.8) is 0 Å². The Morgan fingerprint density at radius 1 is 0.976 bits per heavy atom. The van der Waals surface area contributed by atoms with Crippen molar-refractivity contribution in [1.82, 2.24) is 24.1 Å². The number of hydrogen-bond donors (Lipinski definition) is 1. The Morgan fingerprint density at radius 3 is 2.36 bits per heavy atom. The van der Waals surface area contributed by atoms with Crippen LogP contribution in [0.4, 0.5) is 5.13 Å². The van der Waals surface area contributed by atoms with Crippen LogP contribution in [0.2, 0.25) is 0 Å². The molecule has 0 aliphatic carbocycles. The highest BCUT2D eigenvalue weighted by Crippen LogP contribution is 2.38. The normalized spacial score (nSPS) is 18.1. The van der Waals surface area contributed by atoms with Gasteiger partial charge in [0.15, 0.2) is 17.3 Å².